The average molecular weight is 403 g/mol. The summed E-state index contributed by atoms with van der Waals surface area (Å²) < 4.78 is 10.6. The van der Waals surface area contributed by atoms with Gasteiger partial charge < -0.3 is 20.1 Å². The first-order valence-corrected chi connectivity index (χ1v) is 10.3. The van der Waals surface area contributed by atoms with Crippen molar-refractivity contribution in [2.45, 2.75) is 32.6 Å². The number of thiophene rings is 1. The van der Waals surface area contributed by atoms with Crippen molar-refractivity contribution in [1.82, 2.24) is 5.32 Å². The molecule has 1 aliphatic carbocycles. The minimum atomic E-state index is -0.271. The quantitative estimate of drug-likeness (QED) is 0.664. The van der Waals surface area contributed by atoms with Crippen LogP contribution in [0.25, 0.3) is 0 Å². The molecule has 0 aliphatic heterocycles. The zero-order valence-corrected chi connectivity index (χ0v) is 17.1. The Balaban J connectivity index is 1.71. The van der Waals surface area contributed by atoms with Crippen molar-refractivity contribution in [2.75, 3.05) is 32.2 Å². The Morgan fingerprint density at radius 3 is 2.75 bits per heavy atom. The van der Waals surface area contributed by atoms with Crippen LogP contribution in [0.1, 0.15) is 39.2 Å². The number of carbonyl (C=O) groups excluding carboxylic acids is 2. The van der Waals surface area contributed by atoms with Gasteiger partial charge in [0.1, 0.15) is 10.8 Å². The summed E-state index contributed by atoms with van der Waals surface area (Å²) in [5, 5.41) is 6.38. The first kappa shape index (κ1) is 20.4. The highest BCUT2D eigenvalue weighted by Gasteiger charge is 2.26. The first-order valence-electron chi connectivity index (χ1n) is 9.50. The molecule has 0 fully saturated rings. The normalized spacial score (nSPS) is 12.9. The van der Waals surface area contributed by atoms with Crippen molar-refractivity contribution in [2.24, 2.45) is 0 Å². The monoisotopic (exact) mass is 402 g/mol. The molecule has 0 bridgehead atoms. The molecule has 0 spiro atoms. The van der Waals surface area contributed by atoms with Crippen LogP contribution in [0.15, 0.2) is 24.3 Å². The van der Waals surface area contributed by atoms with Gasteiger partial charge in [0, 0.05) is 18.5 Å². The number of carbonyl (C=O) groups is 2. The van der Waals surface area contributed by atoms with E-state index in [1.807, 2.05) is 31.2 Å². The van der Waals surface area contributed by atoms with E-state index in [0.717, 1.165) is 36.8 Å². The number of ether oxygens (including phenoxy) is 2. The number of anilines is 1. The lowest BCUT2D eigenvalue weighted by atomic mass is 9.95. The summed E-state index contributed by atoms with van der Waals surface area (Å²) in [6.45, 7) is 2.72. The van der Waals surface area contributed by atoms with Gasteiger partial charge in [0.25, 0.3) is 11.8 Å². The van der Waals surface area contributed by atoms with Crippen molar-refractivity contribution in [1.29, 1.82) is 0 Å². The summed E-state index contributed by atoms with van der Waals surface area (Å²) in [4.78, 5) is 26.4. The van der Waals surface area contributed by atoms with Gasteiger partial charge in [0.15, 0.2) is 6.61 Å². The summed E-state index contributed by atoms with van der Waals surface area (Å²) >= 11 is 1.50. The van der Waals surface area contributed by atoms with Crippen LogP contribution in [-0.4, -0.2) is 38.7 Å². The third-order valence-corrected chi connectivity index (χ3v) is 5.90. The van der Waals surface area contributed by atoms with Crippen molar-refractivity contribution in [3.63, 3.8) is 0 Å². The maximum atomic E-state index is 12.7. The minimum Gasteiger partial charge on any atom is -0.483 e. The van der Waals surface area contributed by atoms with Gasteiger partial charge in [-0.1, -0.05) is 18.2 Å². The second-order valence-electron chi connectivity index (χ2n) is 6.77. The molecule has 3 rings (SSSR count). The van der Waals surface area contributed by atoms with Crippen molar-refractivity contribution >= 4 is 28.2 Å². The lowest BCUT2D eigenvalue weighted by Gasteiger charge is -2.13. The molecule has 0 unspecified atom stereocenters. The van der Waals surface area contributed by atoms with Crippen molar-refractivity contribution < 1.29 is 19.1 Å². The Hall–Kier alpha value is -2.38. The van der Waals surface area contributed by atoms with E-state index < -0.39 is 0 Å². The van der Waals surface area contributed by atoms with E-state index in [-0.39, 0.29) is 18.4 Å². The van der Waals surface area contributed by atoms with Crippen LogP contribution in [0.2, 0.25) is 0 Å². The van der Waals surface area contributed by atoms with Crippen LogP contribution >= 0.6 is 11.3 Å². The average Bonchev–Trinajstić information content (AvgIpc) is 3.05. The van der Waals surface area contributed by atoms with Gasteiger partial charge in [-0.25, -0.2) is 0 Å². The Kier molecular flexibility index (Phi) is 7.06. The molecule has 1 aromatic carbocycles. The van der Waals surface area contributed by atoms with Crippen LogP contribution in [0.3, 0.4) is 0 Å². The standard InChI is InChI=1S/C21H26N2O4S/c1-14-7-3-5-9-16(14)27-13-18(24)23-21-19(20(25)22-11-12-26-2)15-8-4-6-10-17(15)28-21/h3,5,7,9H,4,6,8,10-13H2,1-2H3,(H,22,25)(H,23,24). The molecular weight excluding hydrogens is 376 g/mol. The predicted molar refractivity (Wildman–Crippen MR) is 110 cm³/mol. The zero-order valence-electron chi connectivity index (χ0n) is 16.3. The van der Waals surface area contributed by atoms with Crippen LogP contribution in [0, 0.1) is 6.92 Å². The van der Waals surface area contributed by atoms with E-state index in [2.05, 4.69) is 10.6 Å². The van der Waals surface area contributed by atoms with Gasteiger partial charge in [0.2, 0.25) is 0 Å². The van der Waals surface area contributed by atoms with Gasteiger partial charge in [-0.15, -0.1) is 11.3 Å². The summed E-state index contributed by atoms with van der Waals surface area (Å²) in [5.74, 6) is 0.250. The first-order chi connectivity index (χ1) is 13.6. The fourth-order valence-corrected chi connectivity index (χ4v) is 4.58. The highest BCUT2D eigenvalue weighted by molar-refractivity contribution is 7.17. The highest BCUT2D eigenvalue weighted by atomic mass is 32.1. The molecule has 28 heavy (non-hydrogen) atoms. The third kappa shape index (κ3) is 4.91. The van der Waals surface area contributed by atoms with Crippen molar-refractivity contribution in [3.05, 3.63) is 45.8 Å². The smallest absolute Gasteiger partial charge is 0.262 e. The molecule has 1 aliphatic rings. The number of amides is 2. The molecule has 0 saturated heterocycles. The number of hydrogen-bond donors (Lipinski definition) is 2. The number of aryl methyl sites for hydroxylation is 2. The summed E-state index contributed by atoms with van der Waals surface area (Å²) in [6, 6.07) is 7.56. The van der Waals surface area contributed by atoms with Gasteiger partial charge >= 0.3 is 0 Å². The Labute approximate surface area is 169 Å². The number of hydrogen-bond acceptors (Lipinski definition) is 5. The lowest BCUT2D eigenvalue weighted by molar-refractivity contribution is -0.118. The van der Waals surface area contributed by atoms with Gasteiger partial charge in [-0.2, -0.15) is 0 Å². The maximum Gasteiger partial charge on any atom is 0.262 e. The molecule has 1 aromatic heterocycles. The number of benzene rings is 1. The zero-order chi connectivity index (χ0) is 19.9. The molecule has 0 atom stereocenters. The van der Waals surface area contributed by atoms with E-state index >= 15 is 0 Å². The van der Waals surface area contributed by atoms with Crippen LogP contribution in [0.5, 0.6) is 5.75 Å². The number of rotatable bonds is 8. The number of para-hydroxylation sites is 1. The van der Waals surface area contributed by atoms with Gasteiger partial charge in [0.05, 0.1) is 12.2 Å². The largest absolute Gasteiger partial charge is 0.483 e. The van der Waals surface area contributed by atoms with Crippen LogP contribution < -0.4 is 15.4 Å². The third-order valence-electron chi connectivity index (χ3n) is 4.70. The minimum absolute atomic E-state index is 0.0991. The molecule has 0 radical (unpaired) electrons. The Morgan fingerprint density at radius 1 is 1.18 bits per heavy atom. The SMILES string of the molecule is COCCNC(=O)c1c(NC(=O)COc2ccccc2C)sc2c1CCCC2. The molecule has 7 heteroatoms. The van der Waals surface area contributed by atoms with E-state index in [1.54, 1.807) is 7.11 Å². The fraction of sp³-hybridized carbons (Fsp3) is 0.429. The van der Waals surface area contributed by atoms with E-state index in [9.17, 15) is 9.59 Å². The lowest BCUT2D eigenvalue weighted by Crippen LogP contribution is -2.29. The molecule has 2 aromatic rings. The van der Waals surface area contributed by atoms with E-state index in [4.69, 9.17) is 9.47 Å². The Morgan fingerprint density at radius 2 is 1.96 bits per heavy atom. The number of fused-ring (bicyclic) bond motifs is 1. The molecule has 1 heterocycles. The molecule has 6 nitrogen and oxygen atoms in total. The summed E-state index contributed by atoms with van der Waals surface area (Å²) in [7, 11) is 1.60. The Bertz CT molecular complexity index is 847. The maximum absolute atomic E-state index is 12.7. The molecule has 150 valence electrons. The van der Waals surface area contributed by atoms with Gasteiger partial charge in [-0.05, 0) is 49.8 Å². The second kappa shape index (κ2) is 9.71. The topological polar surface area (TPSA) is 76.7 Å². The van der Waals surface area contributed by atoms with Crippen LogP contribution in [0.4, 0.5) is 5.00 Å². The summed E-state index contributed by atoms with van der Waals surface area (Å²) in [5.41, 5.74) is 2.64. The molecular formula is C21H26N2O4S. The van der Waals surface area contributed by atoms with Crippen molar-refractivity contribution in [3.8, 4) is 5.75 Å². The summed E-state index contributed by atoms with van der Waals surface area (Å²) in [6.07, 6.45) is 4.00. The fourth-order valence-electron chi connectivity index (χ4n) is 3.27. The predicted octanol–water partition coefficient (Wildman–Crippen LogP) is 3.33. The number of methoxy groups -OCH3 is 1. The van der Waals surface area contributed by atoms with Crippen LogP contribution in [-0.2, 0) is 22.4 Å². The second-order valence-corrected chi connectivity index (χ2v) is 7.87. The molecule has 2 N–H and O–H groups in total. The van der Waals surface area contributed by atoms with Gasteiger partial charge in [-0.3, -0.25) is 9.59 Å². The molecule has 0 saturated carbocycles. The number of nitrogens with one attached hydrogen (secondary N) is 2. The van der Waals surface area contributed by atoms with E-state index in [0.29, 0.717) is 29.5 Å². The highest BCUT2D eigenvalue weighted by Crippen LogP contribution is 2.38. The van der Waals surface area contributed by atoms with E-state index in [1.165, 1.54) is 16.2 Å². The molecule has 2 amide bonds.